The van der Waals surface area contributed by atoms with Gasteiger partial charge in [-0.05, 0) is 36.8 Å². The van der Waals surface area contributed by atoms with Gasteiger partial charge in [0.1, 0.15) is 0 Å². The van der Waals surface area contributed by atoms with E-state index in [1.807, 2.05) is 34.6 Å². The minimum absolute atomic E-state index is 0.463. The Bertz CT molecular complexity index is 818. The van der Waals surface area contributed by atoms with Gasteiger partial charge >= 0.3 is 54.0 Å². The van der Waals surface area contributed by atoms with Gasteiger partial charge < -0.3 is 20.4 Å². The maximum absolute atomic E-state index is 8.70. The first-order chi connectivity index (χ1) is 16.0. The molecule has 3 rings (SSSR count). The molecule has 0 aliphatic rings. The van der Waals surface area contributed by atoms with Crippen molar-refractivity contribution in [1.82, 2.24) is 0 Å². The van der Waals surface area contributed by atoms with Crippen molar-refractivity contribution in [2.24, 2.45) is 0 Å². The number of benzene rings is 3. The average Bonchev–Trinajstić information content (AvgIpc) is 2.82. The van der Waals surface area contributed by atoms with Crippen LogP contribution in [0.5, 0.6) is 23.0 Å². The molecule has 0 heterocycles. The van der Waals surface area contributed by atoms with Gasteiger partial charge in [0.15, 0.2) is 23.0 Å². The molecule has 8 heteroatoms. The molecule has 0 aliphatic heterocycles. The standard InChI is InChI=1S/2C10H14.C6H6O4.2ClH.2Ru/c2*1-8(2)10-6-4-9(3)5-7-10;7-3-1-4(8)6(10)2-5(3)9;;;;/h2*4-8H,1-3H3;1-2,7-10H;2*1H;;/q;;;;;2*+1/p-2. The van der Waals surface area contributed by atoms with Crippen molar-refractivity contribution in [3.8, 4) is 23.0 Å². The van der Waals surface area contributed by atoms with E-state index in [1.54, 1.807) is 0 Å². The van der Waals surface area contributed by atoms with Crippen molar-refractivity contribution in [2.45, 2.75) is 53.4 Å². The molecule has 0 aromatic heterocycles. The molecule has 0 saturated heterocycles. The predicted molar refractivity (Wildman–Crippen MR) is 135 cm³/mol. The van der Waals surface area contributed by atoms with Crippen molar-refractivity contribution in [3.63, 3.8) is 0 Å². The Hall–Kier alpha value is -1.31. The second-order valence-corrected chi connectivity index (χ2v) is 7.96. The molecule has 4 nitrogen and oxygen atoms in total. The van der Waals surface area contributed by atoms with Gasteiger partial charge in [0.25, 0.3) is 0 Å². The number of hydrogen-bond acceptors (Lipinski definition) is 4. The summed E-state index contributed by atoms with van der Waals surface area (Å²) in [5.74, 6) is -0.544. The van der Waals surface area contributed by atoms with E-state index in [4.69, 9.17) is 20.4 Å². The molecule has 4 N–H and O–H groups in total. The molecule has 3 aromatic carbocycles. The SMILES string of the molecule is Cc1ccc(C(C)C)cc1.Cc1ccc(C(C)C)cc1.Oc1cc(O)c(O)cc1O.[Cl][Ru].[Cl][Ru]. The van der Waals surface area contributed by atoms with Crippen LogP contribution in [-0.2, 0) is 34.6 Å². The average molecular weight is 684 g/mol. The van der Waals surface area contributed by atoms with Crippen molar-refractivity contribution in [1.29, 1.82) is 0 Å². The summed E-state index contributed by atoms with van der Waals surface area (Å²) in [7, 11) is 9.14. The van der Waals surface area contributed by atoms with Crippen LogP contribution in [0.4, 0.5) is 0 Å². The van der Waals surface area contributed by atoms with Crippen LogP contribution in [0.3, 0.4) is 0 Å². The van der Waals surface area contributed by atoms with Crippen LogP contribution in [-0.4, -0.2) is 20.4 Å². The quantitative estimate of drug-likeness (QED) is 0.125. The van der Waals surface area contributed by atoms with Gasteiger partial charge in [-0.3, -0.25) is 0 Å². The van der Waals surface area contributed by atoms with E-state index in [9.17, 15) is 0 Å². The van der Waals surface area contributed by atoms with E-state index in [1.165, 1.54) is 22.3 Å². The molecular formula is C26H34Cl2O4Ru2. The van der Waals surface area contributed by atoms with Gasteiger partial charge in [0.2, 0.25) is 0 Å². The van der Waals surface area contributed by atoms with Crippen molar-refractivity contribution < 1.29 is 55.0 Å². The van der Waals surface area contributed by atoms with Crippen LogP contribution in [0.1, 0.15) is 61.8 Å². The predicted octanol–water partition coefficient (Wildman–Crippen LogP) is 8.12. The van der Waals surface area contributed by atoms with Gasteiger partial charge in [-0.15, -0.1) is 0 Å². The Morgan fingerprint density at radius 2 is 0.706 bits per heavy atom. The Morgan fingerprint density at radius 3 is 0.882 bits per heavy atom. The second-order valence-electron chi connectivity index (χ2n) is 7.96. The van der Waals surface area contributed by atoms with Gasteiger partial charge in [0, 0.05) is 12.1 Å². The summed E-state index contributed by atoms with van der Waals surface area (Å²) in [6.07, 6.45) is 0. The van der Waals surface area contributed by atoms with Crippen molar-refractivity contribution >= 4 is 19.4 Å². The molecular weight excluding hydrogens is 649 g/mol. The fourth-order valence-corrected chi connectivity index (χ4v) is 2.46. The third-order valence-corrected chi connectivity index (χ3v) is 4.56. The molecule has 0 unspecified atom stereocenters. The van der Waals surface area contributed by atoms with E-state index in [0.717, 1.165) is 12.1 Å². The van der Waals surface area contributed by atoms with E-state index < -0.39 is 23.0 Å². The van der Waals surface area contributed by atoms with Gasteiger partial charge in [-0.25, -0.2) is 0 Å². The van der Waals surface area contributed by atoms with Crippen molar-refractivity contribution in [2.75, 3.05) is 0 Å². The number of phenols is 4. The third-order valence-electron chi connectivity index (χ3n) is 4.56. The number of phenolic OH excluding ortho intramolecular Hbond substituents is 4. The Kier molecular flexibility index (Phi) is 20.4. The fourth-order valence-electron chi connectivity index (χ4n) is 2.46. The molecule has 0 bridgehead atoms. The molecule has 34 heavy (non-hydrogen) atoms. The van der Waals surface area contributed by atoms with E-state index in [2.05, 4.69) is 109 Å². The second kappa shape index (κ2) is 19.9. The first-order valence-electron chi connectivity index (χ1n) is 10.3. The summed E-state index contributed by atoms with van der Waals surface area (Å²) >= 11 is 3.64. The zero-order valence-corrected chi connectivity index (χ0v) is 25.2. The molecule has 0 fully saturated rings. The van der Waals surface area contributed by atoms with Crippen LogP contribution in [0.25, 0.3) is 0 Å². The molecule has 0 atom stereocenters. The summed E-state index contributed by atoms with van der Waals surface area (Å²) in [5, 5.41) is 34.8. The van der Waals surface area contributed by atoms with Crippen LogP contribution >= 0.6 is 19.4 Å². The summed E-state index contributed by atoms with van der Waals surface area (Å²) < 4.78 is 0. The van der Waals surface area contributed by atoms with E-state index >= 15 is 0 Å². The van der Waals surface area contributed by atoms with Crippen LogP contribution < -0.4 is 0 Å². The van der Waals surface area contributed by atoms with E-state index in [-0.39, 0.29) is 0 Å². The Labute approximate surface area is 232 Å². The first-order valence-corrected chi connectivity index (χ1v) is 14.8. The van der Waals surface area contributed by atoms with Crippen LogP contribution in [0.2, 0.25) is 0 Å². The molecule has 0 aliphatic carbocycles. The van der Waals surface area contributed by atoms with Crippen LogP contribution in [0.15, 0.2) is 60.7 Å². The number of aromatic hydroxyl groups is 4. The minimum atomic E-state index is -0.463. The molecule has 0 amide bonds. The fraction of sp³-hybridized carbons (Fsp3) is 0.308. The normalized spacial score (nSPS) is 9.29. The molecule has 0 radical (unpaired) electrons. The number of aryl methyl sites for hydroxylation is 2. The van der Waals surface area contributed by atoms with Gasteiger partial charge in [-0.1, -0.05) is 87.4 Å². The van der Waals surface area contributed by atoms with Crippen LogP contribution in [0, 0.1) is 13.8 Å². The maximum atomic E-state index is 8.70. The summed E-state index contributed by atoms with van der Waals surface area (Å²) in [6, 6.07) is 19.1. The summed E-state index contributed by atoms with van der Waals surface area (Å²) in [4.78, 5) is 0. The Balaban J connectivity index is 0. The van der Waals surface area contributed by atoms with E-state index in [0.29, 0.717) is 11.8 Å². The zero-order chi connectivity index (χ0) is 26.8. The summed E-state index contributed by atoms with van der Waals surface area (Å²) in [5.41, 5.74) is 5.52. The number of hydrogen-bond donors (Lipinski definition) is 4. The zero-order valence-electron chi connectivity index (χ0n) is 20.2. The van der Waals surface area contributed by atoms with Crippen molar-refractivity contribution in [3.05, 3.63) is 82.9 Å². The molecule has 192 valence electrons. The molecule has 0 saturated carbocycles. The molecule has 3 aromatic rings. The Morgan fingerprint density at radius 1 is 0.500 bits per heavy atom. The number of rotatable bonds is 2. The first kappa shape index (κ1) is 34.9. The topological polar surface area (TPSA) is 80.9 Å². The molecule has 0 spiro atoms. The van der Waals surface area contributed by atoms with Gasteiger partial charge in [0.05, 0.1) is 0 Å². The van der Waals surface area contributed by atoms with Gasteiger partial charge in [-0.2, -0.15) is 0 Å². The monoisotopic (exact) mass is 684 g/mol. The summed E-state index contributed by atoms with van der Waals surface area (Å²) in [6.45, 7) is 13.1. The third kappa shape index (κ3) is 14.8. The number of halogens is 2.